The summed E-state index contributed by atoms with van der Waals surface area (Å²) in [6.07, 6.45) is 0. The average Bonchev–Trinajstić information content (AvgIpc) is 2.74. The van der Waals surface area contributed by atoms with Crippen molar-refractivity contribution in [2.45, 2.75) is 16.3 Å². The Morgan fingerprint density at radius 3 is 2.48 bits per heavy atom. The maximum atomic E-state index is 12.5. The summed E-state index contributed by atoms with van der Waals surface area (Å²) in [5.74, 6) is 0.334. The first-order valence-electron chi connectivity index (χ1n) is 8.60. The fourth-order valence-electron chi connectivity index (χ4n) is 2.56. The predicted molar refractivity (Wildman–Crippen MR) is 113 cm³/mol. The molecule has 0 unspecified atom stereocenters. The predicted octanol–water partition coefficient (Wildman–Crippen LogP) is 5.34. The van der Waals surface area contributed by atoms with Crippen LogP contribution in [0.4, 0.5) is 5.69 Å². The quantitative estimate of drug-likeness (QED) is 0.406. The van der Waals surface area contributed by atoms with Gasteiger partial charge in [0.2, 0.25) is 0 Å². The maximum absolute atomic E-state index is 12.5. The van der Waals surface area contributed by atoms with E-state index in [1.807, 2.05) is 12.1 Å². The van der Waals surface area contributed by atoms with E-state index in [2.05, 4.69) is 5.32 Å². The molecule has 0 aliphatic heterocycles. The van der Waals surface area contributed by atoms with Crippen LogP contribution in [0, 0.1) is 10.1 Å². The maximum Gasteiger partial charge on any atom is 0.284 e. The van der Waals surface area contributed by atoms with Crippen LogP contribution in [0.1, 0.15) is 15.9 Å². The van der Waals surface area contributed by atoms with E-state index >= 15 is 0 Å². The molecule has 0 fully saturated rings. The van der Waals surface area contributed by atoms with Gasteiger partial charge in [0.05, 0.1) is 22.0 Å². The van der Waals surface area contributed by atoms with Crippen LogP contribution in [0.25, 0.3) is 0 Å². The molecule has 6 nitrogen and oxygen atoms in total. The Hall–Kier alpha value is -3.03. The van der Waals surface area contributed by atoms with Gasteiger partial charge in [-0.3, -0.25) is 14.9 Å². The van der Waals surface area contributed by atoms with Gasteiger partial charge in [-0.05, 0) is 42.0 Å². The van der Waals surface area contributed by atoms with E-state index < -0.39 is 10.8 Å². The van der Waals surface area contributed by atoms with Gasteiger partial charge in [0, 0.05) is 23.1 Å². The Bertz CT molecular complexity index is 1040. The average molecular weight is 429 g/mol. The van der Waals surface area contributed by atoms with Gasteiger partial charge < -0.3 is 10.1 Å². The van der Waals surface area contributed by atoms with Crippen LogP contribution in [0.3, 0.4) is 0 Å². The van der Waals surface area contributed by atoms with Gasteiger partial charge in [0.1, 0.15) is 5.75 Å². The molecule has 148 valence electrons. The summed E-state index contributed by atoms with van der Waals surface area (Å²) >= 11 is 7.33. The van der Waals surface area contributed by atoms with E-state index in [0.29, 0.717) is 21.4 Å². The van der Waals surface area contributed by atoms with Gasteiger partial charge >= 0.3 is 0 Å². The second-order valence-corrected chi connectivity index (χ2v) is 7.49. The first-order chi connectivity index (χ1) is 14.0. The number of nitrogens with zero attached hydrogens (tertiary/aromatic N) is 1. The van der Waals surface area contributed by atoms with Crippen molar-refractivity contribution in [2.24, 2.45) is 0 Å². The minimum atomic E-state index is -0.501. The lowest BCUT2D eigenvalue weighted by molar-refractivity contribution is -0.387. The van der Waals surface area contributed by atoms with E-state index in [1.165, 1.54) is 17.8 Å². The Kier molecular flexibility index (Phi) is 6.74. The van der Waals surface area contributed by atoms with E-state index in [1.54, 1.807) is 55.6 Å². The lowest BCUT2D eigenvalue weighted by Crippen LogP contribution is -2.22. The largest absolute Gasteiger partial charge is 0.497 e. The molecule has 0 aromatic heterocycles. The zero-order valence-electron chi connectivity index (χ0n) is 15.4. The van der Waals surface area contributed by atoms with Crippen molar-refractivity contribution in [3.05, 3.63) is 93.0 Å². The number of halogens is 1. The second kappa shape index (κ2) is 9.45. The van der Waals surface area contributed by atoms with Crippen LogP contribution in [-0.4, -0.2) is 17.9 Å². The number of rotatable bonds is 7. The summed E-state index contributed by atoms with van der Waals surface area (Å²) in [5.41, 5.74) is 0.959. The number of methoxy groups -OCH3 is 1. The summed E-state index contributed by atoms with van der Waals surface area (Å²) in [7, 11) is 1.58. The Balaban J connectivity index is 1.75. The van der Waals surface area contributed by atoms with E-state index in [-0.39, 0.29) is 11.3 Å². The third-order valence-corrected chi connectivity index (χ3v) is 5.67. The van der Waals surface area contributed by atoms with Crippen LogP contribution in [0.2, 0.25) is 5.02 Å². The summed E-state index contributed by atoms with van der Waals surface area (Å²) in [6.45, 7) is 0.298. The van der Waals surface area contributed by atoms with E-state index in [4.69, 9.17) is 16.3 Å². The van der Waals surface area contributed by atoms with Crippen molar-refractivity contribution < 1.29 is 14.5 Å². The van der Waals surface area contributed by atoms with Crippen LogP contribution in [-0.2, 0) is 6.54 Å². The number of ether oxygens (including phenoxy) is 1. The van der Waals surface area contributed by atoms with Crippen molar-refractivity contribution in [3.8, 4) is 5.75 Å². The standard InChI is InChI=1S/C21H17ClN2O4S/c1-28-16-9-6-14(7-10-16)13-23-21(25)15-8-11-20(18(12-15)24(26)27)29-19-5-3-2-4-17(19)22/h2-12H,13H2,1H3,(H,23,25). The molecule has 1 amide bonds. The summed E-state index contributed by atoms with van der Waals surface area (Å²) in [4.78, 5) is 24.6. The van der Waals surface area contributed by atoms with E-state index in [0.717, 1.165) is 11.3 Å². The van der Waals surface area contributed by atoms with Crippen LogP contribution in [0.15, 0.2) is 76.5 Å². The molecule has 0 saturated heterocycles. The summed E-state index contributed by atoms with van der Waals surface area (Å²) in [5, 5.41) is 14.8. The number of carbonyl (C=O) groups excluding carboxylic acids is 1. The topological polar surface area (TPSA) is 81.5 Å². The molecule has 0 aliphatic carbocycles. The van der Waals surface area contributed by atoms with Crippen LogP contribution < -0.4 is 10.1 Å². The fourth-order valence-corrected chi connectivity index (χ4v) is 3.74. The lowest BCUT2D eigenvalue weighted by Gasteiger charge is -2.09. The lowest BCUT2D eigenvalue weighted by atomic mass is 10.1. The van der Waals surface area contributed by atoms with Crippen LogP contribution in [0.5, 0.6) is 5.75 Å². The van der Waals surface area contributed by atoms with Gasteiger partial charge in [-0.15, -0.1) is 0 Å². The van der Waals surface area contributed by atoms with Gasteiger partial charge in [0.25, 0.3) is 11.6 Å². The van der Waals surface area contributed by atoms with Crippen LogP contribution >= 0.6 is 23.4 Å². The number of nitrogens with one attached hydrogen (secondary N) is 1. The van der Waals surface area contributed by atoms with Crippen molar-refractivity contribution in [2.75, 3.05) is 7.11 Å². The van der Waals surface area contributed by atoms with Gasteiger partial charge in [0.15, 0.2) is 0 Å². The summed E-state index contributed by atoms with van der Waals surface area (Å²) < 4.78 is 5.10. The number of amides is 1. The van der Waals surface area contributed by atoms with Gasteiger partial charge in [-0.1, -0.05) is 47.6 Å². The molecule has 0 radical (unpaired) electrons. The molecular formula is C21H17ClN2O4S. The number of nitro groups is 1. The third kappa shape index (κ3) is 5.28. The molecule has 0 saturated carbocycles. The highest BCUT2D eigenvalue weighted by atomic mass is 35.5. The Morgan fingerprint density at radius 2 is 1.83 bits per heavy atom. The zero-order chi connectivity index (χ0) is 20.8. The minimum absolute atomic E-state index is 0.146. The highest BCUT2D eigenvalue weighted by molar-refractivity contribution is 7.99. The Labute approximate surface area is 177 Å². The molecule has 3 aromatic carbocycles. The molecule has 0 heterocycles. The van der Waals surface area contributed by atoms with Gasteiger partial charge in [-0.25, -0.2) is 0 Å². The molecule has 0 atom stereocenters. The SMILES string of the molecule is COc1ccc(CNC(=O)c2ccc(Sc3ccccc3Cl)c([N+](=O)[O-])c2)cc1. The molecule has 0 aliphatic rings. The molecule has 0 spiro atoms. The molecule has 0 bridgehead atoms. The molecule has 8 heteroatoms. The zero-order valence-corrected chi connectivity index (χ0v) is 17.0. The first kappa shape index (κ1) is 20.7. The number of hydrogen-bond acceptors (Lipinski definition) is 5. The molecule has 29 heavy (non-hydrogen) atoms. The molecule has 3 rings (SSSR count). The first-order valence-corrected chi connectivity index (χ1v) is 9.79. The highest BCUT2D eigenvalue weighted by Gasteiger charge is 2.19. The molecular weight excluding hydrogens is 412 g/mol. The Morgan fingerprint density at radius 1 is 1.10 bits per heavy atom. The van der Waals surface area contributed by atoms with Gasteiger partial charge in [-0.2, -0.15) is 0 Å². The normalized spacial score (nSPS) is 10.4. The molecule has 1 N–H and O–H groups in total. The second-order valence-electron chi connectivity index (χ2n) is 6.00. The summed E-state index contributed by atoms with van der Waals surface area (Å²) in [6, 6.07) is 18.8. The highest BCUT2D eigenvalue weighted by Crippen LogP contribution is 2.38. The smallest absolute Gasteiger partial charge is 0.284 e. The minimum Gasteiger partial charge on any atom is -0.497 e. The number of benzene rings is 3. The number of nitro benzene ring substituents is 1. The fraction of sp³-hybridized carbons (Fsp3) is 0.0952. The molecule has 3 aromatic rings. The van der Waals surface area contributed by atoms with Crippen molar-refractivity contribution in [3.63, 3.8) is 0 Å². The number of hydrogen-bond donors (Lipinski definition) is 1. The van der Waals surface area contributed by atoms with Crippen molar-refractivity contribution >= 4 is 35.0 Å². The number of carbonyl (C=O) groups is 1. The van der Waals surface area contributed by atoms with E-state index in [9.17, 15) is 14.9 Å². The third-order valence-electron chi connectivity index (χ3n) is 4.09. The van der Waals surface area contributed by atoms with Crippen molar-refractivity contribution in [1.29, 1.82) is 0 Å². The monoisotopic (exact) mass is 428 g/mol. The van der Waals surface area contributed by atoms with Crippen molar-refractivity contribution in [1.82, 2.24) is 5.32 Å².